The number of hydrogen-bond donors (Lipinski definition) is 1. The molecule has 174 valence electrons. The molecule has 0 bridgehead atoms. The van der Waals surface area contributed by atoms with E-state index in [4.69, 9.17) is 16.3 Å². The molecule has 1 fully saturated rings. The summed E-state index contributed by atoms with van der Waals surface area (Å²) in [7, 11) is 0. The number of carbonyl (C=O) groups is 2. The smallest absolute Gasteiger partial charge is 0.295 e. The van der Waals surface area contributed by atoms with Crippen molar-refractivity contribution in [2.45, 2.75) is 19.0 Å². The number of likely N-dealkylation sites (tertiary alicyclic amines) is 1. The first-order valence-electron chi connectivity index (χ1n) is 10.8. The molecule has 0 spiro atoms. The molecule has 0 aliphatic carbocycles. The summed E-state index contributed by atoms with van der Waals surface area (Å²) in [6, 6.07) is 12.9. The van der Waals surface area contributed by atoms with E-state index in [0.29, 0.717) is 48.0 Å². The summed E-state index contributed by atoms with van der Waals surface area (Å²) in [5.74, 6) is -0.951. The van der Waals surface area contributed by atoms with Gasteiger partial charge in [-0.2, -0.15) is 0 Å². The number of ether oxygens (including phenoxy) is 1. The number of Topliss-reactive ketones (excluding diaryl/α,β-unsaturated/α-hetero) is 1. The molecule has 1 aromatic heterocycles. The molecule has 0 saturated carbocycles. The Balaban J connectivity index is 1.70. The molecule has 1 saturated heterocycles. The van der Waals surface area contributed by atoms with Crippen molar-refractivity contribution in [3.63, 3.8) is 0 Å². The zero-order chi connectivity index (χ0) is 24.1. The fraction of sp³-hybridized carbons (Fsp3) is 0.192. The number of aliphatic hydroxyl groups is 1. The van der Waals surface area contributed by atoms with Crippen LogP contribution >= 0.6 is 11.6 Å². The highest BCUT2D eigenvalue weighted by Crippen LogP contribution is 2.40. The van der Waals surface area contributed by atoms with Crippen LogP contribution in [-0.4, -0.2) is 44.4 Å². The van der Waals surface area contributed by atoms with Crippen molar-refractivity contribution in [3.8, 4) is 5.75 Å². The maximum Gasteiger partial charge on any atom is 0.295 e. The molecule has 0 radical (unpaired) electrons. The van der Waals surface area contributed by atoms with Gasteiger partial charge in [0.1, 0.15) is 18.1 Å². The van der Waals surface area contributed by atoms with Gasteiger partial charge in [0.15, 0.2) is 0 Å². The first kappa shape index (κ1) is 23.3. The Hall–Kier alpha value is -3.84. The monoisotopic (exact) mass is 477 g/mol. The number of nitrogens with zero attached hydrogens (tertiary/aromatic N) is 3. The lowest BCUT2D eigenvalue weighted by Gasteiger charge is -2.25. The summed E-state index contributed by atoms with van der Waals surface area (Å²) >= 11 is 5.97. The summed E-state index contributed by atoms with van der Waals surface area (Å²) < 4.78 is 7.46. The molecule has 1 aliphatic heterocycles. The lowest BCUT2D eigenvalue weighted by atomic mass is 9.95. The summed E-state index contributed by atoms with van der Waals surface area (Å²) in [6.07, 6.45) is 7.49. The van der Waals surface area contributed by atoms with Crippen LogP contribution in [0.1, 0.15) is 23.6 Å². The Morgan fingerprint density at radius 1 is 1.12 bits per heavy atom. The molecule has 4 rings (SSSR count). The van der Waals surface area contributed by atoms with Gasteiger partial charge < -0.3 is 19.3 Å². The Morgan fingerprint density at radius 2 is 1.85 bits per heavy atom. The zero-order valence-corrected chi connectivity index (χ0v) is 19.2. The number of carbonyl (C=O) groups excluding carboxylic acids is 2. The number of benzene rings is 2. The van der Waals surface area contributed by atoms with Crippen molar-refractivity contribution < 1.29 is 19.4 Å². The minimum atomic E-state index is -0.730. The van der Waals surface area contributed by atoms with Crippen molar-refractivity contribution in [1.29, 1.82) is 0 Å². The summed E-state index contributed by atoms with van der Waals surface area (Å²) in [6.45, 7) is 4.98. The van der Waals surface area contributed by atoms with Crippen LogP contribution in [0, 0.1) is 0 Å². The van der Waals surface area contributed by atoms with Gasteiger partial charge in [-0.15, -0.1) is 0 Å². The first-order valence-corrected chi connectivity index (χ1v) is 11.2. The Kier molecular flexibility index (Phi) is 7.13. The molecule has 34 heavy (non-hydrogen) atoms. The number of halogens is 1. The largest absolute Gasteiger partial charge is 0.507 e. The second-order valence-electron chi connectivity index (χ2n) is 7.82. The summed E-state index contributed by atoms with van der Waals surface area (Å²) in [5, 5.41) is 11.6. The maximum atomic E-state index is 13.1. The van der Waals surface area contributed by atoms with Crippen LogP contribution in [0.25, 0.3) is 5.76 Å². The average molecular weight is 478 g/mol. The molecule has 2 heterocycles. The van der Waals surface area contributed by atoms with Gasteiger partial charge in [0.2, 0.25) is 0 Å². The van der Waals surface area contributed by atoms with E-state index in [1.54, 1.807) is 67.1 Å². The minimum absolute atomic E-state index is 0.0507. The van der Waals surface area contributed by atoms with Crippen LogP contribution in [0.3, 0.4) is 0 Å². The second kappa shape index (κ2) is 10.4. The summed E-state index contributed by atoms with van der Waals surface area (Å²) in [4.78, 5) is 31.7. The van der Waals surface area contributed by atoms with E-state index in [9.17, 15) is 14.7 Å². The number of aliphatic hydroxyl groups excluding tert-OH is 1. The highest BCUT2D eigenvalue weighted by molar-refractivity contribution is 6.46. The number of hydrogen-bond acceptors (Lipinski definition) is 5. The van der Waals surface area contributed by atoms with Crippen molar-refractivity contribution >= 4 is 29.1 Å². The molecule has 2 aromatic carbocycles. The minimum Gasteiger partial charge on any atom is -0.507 e. The Labute approximate surface area is 202 Å². The molecule has 8 heteroatoms. The van der Waals surface area contributed by atoms with Crippen LogP contribution in [-0.2, 0) is 16.1 Å². The maximum absolute atomic E-state index is 13.1. The number of rotatable bonds is 9. The van der Waals surface area contributed by atoms with E-state index < -0.39 is 17.7 Å². The van der Waals surface area contributed by atoms with E-state index in [1.165, 1.54) is 4.90 Å². The Morgan fingerprint density at radius 3 is 2.50 bits per heavy atom. The number of ketones is 1. The molecule has 0 unspecified atom stereocenters. The number of aryl methyl sites for hydroxylation is 1. The van der Waals surface area contributed by atoms with Gasteiger partial charge in [-0.3, -0.25) is 9.59 Å². The third-order valence-electron chi connectivity index (χ3n) is 5.60. The lowest BCUT2D eigenvalue weighted by molar-refractivity contribution is -0.139. The molecular formula is C26H24ClN3O4. The van der Waals surface area contributed by atoms with Crippen molar-refractivity contribution in [3.05, 3.63) is 102 Å². The third kappa shape index (κ3) is 4.89. The highest BCUT2D eigenvalue weighted by atomic mass is 35.5. The topological polar surface area (TPSA) is 84.7 Å². The quantitative estimate of drug-likeness (QED) is 0.210. The first-order chi connectivity index (χ1) is 16.5. The molecule has 1 aliphatic rings. The van der Waals surface area contributed by atoms with Crippen LogP contribution in [0.5, 0.6) is 5.75 Å². The SMILES string of the molecule is C=CCOc1ccc([C@H]2C(=C(O)c3ccc(Cl)cc3)C(=O)C(=O)N2CCCn2ccnc2)cc1. The molecule has 1 amide bonds. The average Bonchev–Trinajstić information content (AvgIpc) is 3.45. The predicted octanol–water partition coefficient (Wildman–Crippen LogP) is 4.61. The number of imidazole rings is 1. The van der Waals surface area contributed by atoms with E-state index in [1.807, 2.05) is 10.8 Å². The van der Waals surface area contributed by atoms with E-state index >= 15 is 0 Å². The van der Waals surface area contributed by atoms with Crippen molar-refractivity contribution in [1.82, 2.24) is 14.5 Å². The van der Waals surface area contributed by atoms with Gasteiger partial charge in [-0.25, -0.2) is 4.98 Å². The fourth-order valence-electron chi connectivity index (χ4n) is 3.96. The second-order valence-corrected chi connectivity index (χ2v) is 8.26. The van der Waals surface area contributed by atoms with Gasteiger partial charge in [0.25, 0.3) is 11.7 Å². The Bertz CT molecular complexity index is 1200. The van der Waals surface area contributed by atoms with Crippen molar-refractivity contribution in [2.24, 2.45) is 0 Å². The van der Waals surface area contributed by atoms with E-state index in [-0.39, 0.29) is 11.3 Å². The van der Waals surface area contributed by atoms with Gasteiger partial charge in [-0.1, -0.05) is 36.4 Å². The molecule has 1 atom stereocenters. The molecule has 1 N–H and O–H groups in total. The van der Waals surface area contributed by atoms with Crippen LogP contribution in [0.15, 0.2) is 85.5 Å². The lowest BCUT2D eigenvalue weighted by Crippen LogP contribution is -2.31. The predicted molar refractivity (Wildman–Crippen MR) is 129 cm³/mol. The zero-order valence-electron chi connectivity index (χ0n) is 18.4. The molecule has 7 nitrogen and oxygen atoms in total. The normalized spacial score (nSPS) is 17.2. The van der Waals surface area contributed by atoms with Gasteiger partial charge in [0, 0.05) is 36.1 Å². The van der Waals surface area contributed by atoms with E-state index in [0.717, 1.165) is 0 Å². The summed E-state index contributed by atoms with van der Waals surface area (Å²) in [5.41, 5.74) is 1.16. The van der Waals surface area contributed by atoms with Crippen molar-refractivity contribution in [2.75, 3.05) is 13.2 Å². The number of aromatic nitrogens is 2. The number of amides is 1. The van der Waals surface area contributed by atoms with E-state index in [2.05, 4.69) is 11.6 Å². The third-order valence-corrected chi connectivity index (χ3v) is 5.85. The van der Waals surface area contributed by atoms with Gasteiger partial charge in [0.05, 0.1) is 17.9 Å². The standard InChI is InChI=1S/C26H24ClN3O4/c1-2-16-34-21-10-6-18(7-11-21)23-22(24(31)19-4-8-20(27)9-5-19)25(32)26(33)30(23)14-3-13-29-15-12-28-17-29/h2,4-12,15,17,23,31H,1,3,13-14,16H2/t23-/m0/s1. The van der Waals surface area contributed by atoms with Crippen LogP contribution < -0.4 is 4.74 Å². The molecular weight excluding hydrogens is 454 g/mol. The highest BCUT2D eigenvalue weighted by Gasteiger charge is 2.45. The van der Waals surface area contributed by atoms with Gasteiger partial charge >= 0.3 is 0 Å². The van der Waals surface area contributed by atoms with Crippen LogP contribution in [0.2, 0.25) is 5.02 Å². The fourth-order valence-corrected chi connectivity index (χ4v) is 4.09. The molecule has 3 aromatic rings. The van der Waals surface area contributed by atoms with Gasteiger partial charge in [-0.05, 0) is 48.4 Å². The van der Waals surface area contributed by atoms with Crippen LogP contribution in [0.4, 0.5) is 0 Å².